The molecule has 0 aliphatic carbocycles. The lowest BCUT2D eigenvalue weighted by Crippen LogP contribution is -2.29. The van der Waals surface area contributed by atoms with Crippen LogP contribution in [0, 0.1) is 0 Å². The summed E-state index contributed by atoms with van der Waals surface area (Å²) < 4.78 is 28.2. The van der Waals surface area contributed by atoms with E-state index in [1.54, 1.807) is 71.9 Å². The van der Waals surface area contributed by atoms with Crippen LogP contribution in [0.2, 0.25) is 0 Å². The highest BCUT2D eigenvalue weighted by Crippen LogP contribution is 2.52. The summed E-state index contributed by atoms with van der Waals surface area (Å²) in [6, 6.07) is 8.26. The fraction of sp³-hybridized carbons (Fsp3) is 0.429. The Bertz CT molecular complexity index is 1170. The lowest BCUT2D eigenvalue weighted by atomic mass is 9.89. The summed E-state index contributed by atoms with van der Waals surface area (Å²) in [7, 11) is 2.94. The predicted octanol–water partition coefficient (Wildman–Crippen LogP) is 5.32. The van der Waals surface area contributed by atoms with Crippen LogP contribution in [0.25, 0.3) is 6.08 Å². The summed E-state index contributed by atoms with van der Waals surface area (Å²) in [6.07, 6.45) is 2.16. The molecule has 0 fully saturated rings. The Morgan fingerprint density at radius 3 is 2.14 bits per heavy atom. The minimum atomic E-state index is -0.836. The topological polar surface area (TPSA) is 101 Å². The number of hydrogen-bond donors (Lipinski definition) is 1. The van der Waals surface area contributed by atoms with Crippen molar-refractivity contribution in [1.82, 2.24) is 0 Å². The van der Waals surface area contributed by atoms with Crippen LogP contribution in [0.1, 0.15) is 70.3 Å². The maximum Gasteiger partial charge on any atom is 0.331 e. The minimum Gasteiger partial charge on any atom is -0.504 e. The van der Waals surface area contributed by atoms with Crippen molar-refractivity contribution >= 4 is 18.0 Å². The molecule has 0 aromatic heterocycles. The number of fused-ring (bicyclic) bond motifs is 1. The van der Waals surface area contributed by atoms with Gasteiger partial charge in [0.25, 0.3) is 0 Å². The Kier molecular flexibility index (Phi) is 7.57. The molecule has 8 heteroatoms. The third kappa shape index (κ3) is 6.30. The smallest absolute Gasteiger partial charge is 0.331 e. The number of aromatic hydroxyl groups is 1. The van der Waals surface area contributed by atoms with Crippen molar-refractivity contribution < 1.29 is 38.4 Å². The fourth-order valence-electron chi connectivity index (χ4n) is 3.86. The number of hydrogen-bond acceptors (Lipinski definition) is 8. The molecule has 1 aliphatic rings. The van der Waals surface area contributed by atoms with Gasteiger partial charge < -0.3 is 28.8 Å². The van der Waals surface area contributed by atoms with Gasteiger partial charge in [0, 0.05) is 11.6 Å². The first-order chi connectivity index (χ1) is 16.7. The highest BCUT2D eigenvalue weighted by atomic mass is 16.6. The molecule has 36 heavy (non-hydrogen) atoms. The van der Waals surface area contributed by atoms with Gasteiger partial charge in [-0.25, -0.2) is 4.79 Å². The van der Waals surface area contributed by atoms with Crippen LogP contribution >= 0.6 is 0 Å². The average molecular weight is 499 g/mol. The number of methoxy groups -OCH3 is 2. The number of carbonyl (C=O) groups is 2. The van der Waals surface area contributed by atoms with Crippen molar-refractivity contribution in [3.05, 3.63) is 53.1 Å². The molecule has 0 bridgehead atoms. The summed E-state index contributed by atoms with van der Waals surface area (Å²) in [5, 5.41) is 10.0. The Morgan fingerprint density at radius 2 is 1.56 bits per heavy atom. The lowest BCUT2D eigenvalue weighted by Gasteiger charge is -2.25. The van der Waals surface area contributed by atoms with Gasteiger partial charge in [0.15, 0.2) is 23.0 Å². The van der Waals surface area contributed by atoms with Gasteiger partial charge in [-0.1, -0.05) is 6.07 Å². The molecular weight excluding hydrogens is 464 g/mol. The second kappa shape index (κ2) is 10.1. The van der Waals surface area contributed by atoms with Gasteiger partial charge in [-0.3, -0.25) is 4.79 Å². The second-order valence-corrected chi connectivity index (χ2v) is 10.5. The zero-order valence-electron chi connectivity index (χ0n) is 22.0. The first-order valence-electron chi connectivity index (χ1n) is 11.6. The maximum absolute atomic E-state index is 13.4. The van der Waals surface area contributed by atoms with Crippen molar-refractivity contribution in [3.8, 4) is 23.0 Å². The van der Waals surface area contributed by atoms with Crippen molar-refractivity contribution in [2.45, 2.75) is 64.8 Å². The first kappa shape index (κ1) is 26.9. The van der Waals surface area contributed by atoms with Gasteiger partial charge in [0.1, 0.15) is 23.2 Å². The number of ether oxygens (including phenoxy) is 5. The van der Waals surface area contributed by atoms with Crippen molar-refractivity contribution in [2.24, 2.45) is 0 Å². The predicted molar refractivity (Wildman–Crippen MR) is 134 cm³/mol. The van der Waals surface area contributed by atoms with Crippen LogP contribution in [-0.2, 0) is 19.1 Å². The zero-order chi connectivity index (χ0) is 26.8. The number of phenols is 1. The van der Waals surface area contributed by atoms with Gasteiger partial charge in [0.2, 0.25) is 0 Å². The molecule has 1 heterocycles. The molecule has 0 saturated heterocycles. The molecule has 1 aliphatic heterocycles. The normalized spacial score (nSPS) is 17.3. The van der Waals surface area contributed by atoms with Gasteiger partial charge >= 0.3 is 11.9 Å². The molecule has 8 nitrogen and oxygen atoms in total. The Balaban J connectivity index is 2.08. The third-order valence-corrected chi connectivity index (χ3v) is 5.22. The number of benzene rings is 2. The van der Waals surface area contributed by atoms with E-state index in [0.717, 1.165) is 0 Å². The zero-order valence-corrected chi connectivity index (χ0v) is 22.0. The molecule has 2 aromatic rings. The standard InChI is InChI=1S/C28H34O8/c1-27(2,3)35-22(30)12-9-16-13-18-23(26(31)36-28(4,5)6)24(34-25(18)21(14-16)33-8)17-10-11-19(29)20(15-17)32-7/h9-15,23-24,29H,1-8H3/b12-9+/t23-,24+/m0/s1. The van der Waals surface area contributed by atoms with Crippen LogP contribution in [0.15, 0.2) is 36.4 Å². The Hall–Kier alpha value is -3.68. The molecule has 0 amide bonds. The molecule has 0 saturated carbocycles. The second-order valence-electron chi connectivity index (χ2n) is 10.5. The Labute approximate surface area is 211 Å². The molecule has 2 atom stereocenters. The summed E-state index contributed by atoms with van der Waals surface area (Å²) in [5.74, 6) is -0.777. The fourth-order valence-corrected chi connectivity index (χ4v) is 3.86. The monoisotopic (exact) mass is 498 g/mol. The van der Waals surface area contributed by atoms with Crippen LogP contribution in [0.4, 0.5) is 0 Å². The number of rotatable bonds is 6. The van der Waals surface area contributed by atoms with Crippen molar-refractivity contribution in [1.29, 1.82) is 0 Å². The van der Waals surface area contributed by atoms with Crippen LogP contribution < -0.4 is 14.2 Å². The first-order valence-corrected chi connectivity index (χ1v) is 11.6. The number of carbonyl (C=O) groups excluding carboxylic acids is 2. The van der Waals surface area contributed by atoms with Crippen molar-refractivity contribution in [3.63, 3.8) is 0 Å². The minimum absolute atomic E-state index is 0.0299. The SMILES string of the molecule is COc1cc([C@H]2Oc3c(OC)cc(/C=C/C(=O)OC(C)(C)C)cc3[C@@H]2C(=O)OC(C)(C)C)ccc1O. The van der Waals surface area contributed by atoms with E-state index in [2.05, 4.69) is 0 Å². The largest absolute Gasteiger partial charge is 0.504 e. The van der Waals surface area contributed by atoms with E-state index >= 15 is 0 Å². The summed E-state index contributed by atoms with van der Waals surface area (Å²) in [5.41, 5.74) is 0.451. The molecule has 2 aromatic carbocycles. The van der Waals surface area contributed by atoms with E-state index in [9.17, 15) is 14.7 Å². The van der Waals surface area contributed by atoms with Gasteiger partial charge in [-0.2, -0.15) is 0 Å². The third-order valence-electron chi connectivity index (χ3n) is 5.22. The highest BCUT2D eigenvalue weighted by Gasteiger charge is 2.44. The van der Waals surface area contributed by atoms with E-state index in [0.29, 0.717) is 28.2 Å². The summed E-state index contributed by atoms with van der Waals surface area (Å²) in [6.45, 7) is 10.7. The van der Waals surface area contributed by atoms with E-state index in [1.165, 1.54) is 26.4 Å². The number of esters is 2. The molecule has 0 spiro atoms. The van der Waals surface area contributed by atoms with E-state index in [-0.39, 0.29) is 11.5 Å². The molecule has 3 rings (SSSR count). The van der Waals surface area contributed by atoms with E-state index < -0.39 is 35.2 Å². The highest BCUT2D eigenvalue weighted by molar-refractivity contribution is 5.88. The Morgan fingerprint density at radius 1 is 0.917 bits per heavy atom. The molecule has 194 valence electrons. The summed E-state index contributed by atoms with van der Waals surface area (Å²) >= 11 is 0. The lowest BCUT2D eigenvalue weighted by molar-refractivity contribution is -0.158. The average Bonchev–Trinajstić information content (AvgIpc) is 3.14. The maximum atomic E-state index is 13.4. The van der Waals surface area contributed by atoms with Gasteiger partial charge in [-0.15, -0.1) is 0 Å². The van der Waals surface area contributed by atoms with E-state index in [1.807, 2.05) is 0 Å². The number of phenolic OH excluding ortho intramolecular Hbond substituents is 1. The van der Waals surface area contributed by atoms with Crippen LogP contribution in [-0.4, -0.2) is 42.5 Å². The molecule has 0 unspecified atom stereocenters. The van der Waals surface area contributed by atoms with Crippen LogP contribution in [0.5, 0.6) is 23.0 Å². The van der Waals surface area contributed by atoms with Crippen LogP contribution in [0.3, 0.4) is 0 Å². The van der Waals surface area contributed by atoms with Gasteiger partial charge in [-0.05, 0) is 83.0 Å². The van der Waals surface area contributed by atoms with E-state index in [4.69, 9.17) is 23.7 Å². The molecule has 1 N–H and O–H groups in total. The summed E-state index contributed by atoms with van der Waals surface area (Å²) in [4.78, 5) is 25.6. The molecule has 0 radical (unpaired) electrons. The van der Waals surface area contributed by atoms with Crippen molar-refractivity contribution in [2.75, 3.05) is 14.2 Å². The quantitative estimate of drug-likeness (QED) is 0.422. The van der Waals surface area contributed by atoms with Gasteiger partial charge in [0.05, 0.1) is 14.2 Å². The molecular formula is C28H34O8.